The zero-order valence-electron chi connectivity index (χ0n) is 20.8. The Labute approximate surface area is 196 Å². The Morgan fingerprint density at radius 2 is 1.61 bits per heavy atom. The normalized spacial score (nSPS) is 12.4. The number of aromatic nitrogens is 2. The fourth-order valence-electron chi connectivity index (χ4n) is 4.41. The van der Waals surface area contributed by atoms with Crippen LogP contribution < -0.4 is 10.9 Å². The molecule has 2 amide bonds. The number of anilines is 1. The predicted octanol–water partition coefficient (Wildman–Crippen LogP) is 6.28. The van der Waals surface area contributed by atoms with Gasteiger partial charge in [0.05, 0.1) is 16.9 Å². The first-order valence-corrected chi connectivity index (χ1v) is 11.9. The van der Waals surface area contributed by atoms with Gasteiger partial charge in [0, 0.05) is 19.3 Å². The molecule has 3 aromatic rings. The van der Waals surface area contributed by atoms with Crippen LogP contribution in [0.25, 0.3) is 10.9 Å². The van der Waals surface area contributed by atoms with Gasteiger partial charge in [-0.1, -0.05) is 65.0 Å². The molecule has 1 N–H and O–H groups in total. The molecule has 6 heteroatoms. The first-order valence-electron chi connectivity index (χ1n) is 11.9. The standard InChI is InChI=1S/C27H36N4O2/c1-8-23(25-28-22-16-11-10-13-21(22)26(32)31(25)9-2)30(7)27(33)29-24-19(17(3)4)14-12-15-20(24)18(5)6/h10-18,23H,8-9H2,1-7H3,(H,29,33). The van der Waals surface area contributed by atoms with E-state index in [0.29, 0.717) is 29.7 Å². The van der Waals surface area contributed by atoms with Crippen molar-refractivity contribution >= 4 is 22.6 Å². The quantitative estimate of drug-likeness (QED) is 0.463. The summed E-state index contributed by atoms with van der Waals surface area (Å²) in [7, 11) is 1.78. The zero-order chi connectivity index (χ0) is 24.3. The van der Waals surface area contributed by atoms with Crippen molar-refractivity contribution in [1.29, 1.82) is 0 Å². The molecular weight excluding hydrogens is 412 g/mol. The van der Waals surface area contributed by atoms with Gasteiger partial charge in [0.1, 0.15) is 5.82 Å². The highest BCUT2D eigenvalue weighted by Crippen LogP contribution is 2.33. The van der Waals surface area contributed by atoms with Gasteiger partial charge in [-0.15, -0.1) is 0 Å². The summed E-state index contributed by atoms with van der Waals surface area (Å²) >= 11 is 0. The summed E-state index contributed by atoms with van der Waals surface area (Å²) in [6.45, 7) is 13.0. The van der Waals surface area contributed by atoms with E-state index in [-0.39, 0.29) is 29.5 Å². The predicted molar refractivity (Wildman–Crippen MR) is 136 cm³/mol. The van der Waals surface area contributed by atoms with E-state index < -0.39 is 0 Å². The third kappa shape index (κ3) is 4.80. The minimum absolute atomic E-state index is 0.0717. The number of fused-ring (bicyclic) bond motifs is 1. The molecule has 0 spiro atoms. The molecule has 6 nitrogen and oxygen atoms in total. The zero-order valence-corrected chi connectivity index (χ0v) is 20.8. The third-order valence-electron chi connectivity index (χ3n) is 6.28. The van der Waals surface area contributed by atoms with Gasteiger partial charge in [0.25, 0.3) is 5.56 Å². The van der Waals surface area contributed by atoms with Crippen LogP contribution in [0.4, 0.5) is 10.5 Å². The molecule has 0 aliphatic rings. The number of nitrogens with one attached hydrogen (secondary N) is 1. The topological polar surface area (TPSA) is 67.2 Å². The Hall–Kier alpha value is -3.15. The van der Waals surface area contributed by atoms with Crippen LogP contribution in [0.3, 0.4) is 0 Å². The van der Waals surface area contributed by atoms with Gasteiger partial charge >= 0.3 is 6.03 Å². The van der Waals surface area contributed by atoms with Crippen LogP contribution in [0.1, 0.15) is 82.8 Å². The van der Waals surface area contributed by atoms with E-state index in [1.54, 1.807) is 22.6 Å². The van der Waals surface area contributed by atoms with Gasteiger partial charge in [0.2, 0.25) is 0 Å². The highest BCUT2D eigenvalue weighted by molar-refractivity contribution is 5.91. The number of nitrogens with zero attached hydrogens (tertiary/aromatic N) is 3. The SMILES string of the molecule is CCC(c1nc2ccccc2c(=O)n1CC)N(C)C(=O)Nc1c(C(C)C)cccc1C(C)C. The second-order valence-electron chi connectivity index (χ2n) is 9.12. The molecule has 0 fully saturated rings. The third-order valence-corrected chi connectivity index (χ3v) is 6.28. The van der Waals surface area contributed by atoms with Gasteiger partial charge in [0.15, 0.2) is 0 Å². The molecule has 1 heterocycles. The number of carbonyl (C=O) groups excluding carboxylic acids is 1. The molecule has 1 unspecified atom stereocenters. The van der Waals surface area contributed by atoms with Crippen LogP contribution >= 0.6 is 0 Å². The van der Waals surface area contributed by atoms with Crippen LogP contribution in [0.15, 0.2) is 47.3 Å². The van der Waals surface area contributed by atoms with Crippen molar-refractivity contribution in [3.63, 3.8) is 0 Å². The molecule has 0 saturated carbocycles. The molecule has 0 saturated heterocycles. The Morgan fingerprint density at radius 3 is 2.15 bits per heavy atom. The van der Waals surface area contributed by atoms with Gasteiger partial charge < -0.3 is 10.2 Å². The van der Waals surface area contributed by atoms with E-state index in [0.717, 1.165) is 16.8 Å². The number of urea groups is 1. The van der Waals surface area contributed by atoms with Crippen LogP contribution in [0.2, 0.25) is 0 Å². The fraction of sp³-hybridized carbons (Fsp3) is 0.444. The van der Waals surface area contributed by atoms with Gasteiger partial charge in [-0.25, -0.2) is 9.78 Å². The molecule has 3 rings (SSSR count). The van der Waals surface area contributed by atoms with E-state index in [2.05, 4.69) is 51.2 Å². The number of hydrogen-bond acceptors (Lipinski definition) is 3. The maximum atomic E-state index is 13.5. The molecular formula is C27H36N4O2. The lowest BCUT2D eigenvalue weighted by Gasteiger charge is -2.30. The summed E-state index contributed by atoms with van der Waals surface area (Å²) in [5.74, 6) is 1.17. The van der Waals surface area contributed by atoms with Crippen molar-refractivity contribution < 1.29 is 4.79 Å². The molecule has 176 valence electrons. The second-order valence-corrected chi connectivity index (χ2v) is 9.12. The van der Waals surface area contributed by atoms with Crippen LogP contribution in [-0.4, -0.2) is 27.5 Å². The maximum absolute atomic E-state index is 13.5. The van der Waals surface area contributed by atoms with Gasteiger partial charge in [-0.2, -0.15) is 0 Å². The molecule has 33 heavy (non-hydrogen) atoms. The summed E-state index contributed by atoms with van der Waals surface area (Å²) < 4.78 is 1.68. The number of hydrogen-bond donors (Lipinski definition) is 1. The second kappa shape index (κ2) is 10.2. The summed E-state index contributed by atoms with van der Waals surface area (Å²) in [5.41, 5.74) is 3.70. The largest absolute Gasteiger partial charge is 0.322 e. The number of carbonyl (C=O) groups is 1. The maximum Gasteiger partial charge on any atom is 0.322 e. The number of benzene rings is 2. The van der Waals surface area contributed by atoms with Crippen molar-refractivity contribution in [2.75, 3.05) is 12.4 Å². The molecule has 0 aliphatic carbocycles. The minimum atomic E-state index is -0.337. The lowest BCUT2D eigenvalue weighted by Crippen LogP contribution is -2.38. The molecule has 2 aromatic carbocycles. The molecule has 0 radical (unpaired) electrons. The highest BCUT2D eigenvalue weighted by atomic mass is 16.2. The molecule has 1 atom stereocenters. The van der Waals surface area contributed by atoms with Gasteiger partial charge in [-0.3, -0.25) is 9.36 Å². The van der Waals surface area contributed by atoms with Crippen molar-refractivity contribution in [1.82, 2.24) is 14.5 Å². The number of rotatable bonds is 7. The molecule has 0 bridgehead atoms. The van der Waals surface area contributed by atoms with Gasteiger partial charge in [-0.05, 0) is 48.4 Å². The number of para-hydroxylation sites is 2. The highest BCUT2D eigenvalue weighted by Gasteiger charge is 2.27. The summed E-state index contributed by atoms with van der Waals surface area (Å²) in [6, 6.07) is 13.0. The summed E-state index contributed by atoms with van der Waals surface area (Å²) in [6.07, 6.45) is 0.636. The minimum Gasteiger partial charge on any atom is -0.317 e. The van der Waals surface area contributed by atoms with Crippen LogP contribution in [-0.2, 0) is 6.54 Å². The molecule has 1 aromatic heterocycles. The summed E-state index contributed by atoms with van der Waals surface area (Å²) in [5, 5.41) is 3.78. The lowest BCUT2D eigenvalue weighted by atomic mass is 9.93. The summed E-state index contributed by atoms with van der Waals surface area (Å²) in [4.78, 5) is 33.1. The van der Waals surface area contributed by atoms with Crippen LogP contribution in [0, 0.1) is 0 Å². The van der Waals surface area contributed by atoms with E-state index in [9.17, 15) is 9.59 Å². The van der Waals surface area contributed by atoms with E-state index in [1.165, 1.54) is 0 Å². The van der Waals surface area contributed by atoms with Crippen molar-refractivity contribution in [3.8, 4) is 0 Å². The van der Waals surface area contributed by atoms with E-state index >= 15 is 0 Å². The Kier molecular flexibility index (Phi) is 7.57. The average Bonchev–Trinajstić information content (AvgIpc) is 2.79. The first-order chi connectivity index (χ1) is 15.7. The number of amides is 2. The van der Waals surface area contributed by atoms with Crippen molar-refractivity contribution in [2.24, 2.45) is 0 Å². The smallest absolute Gasteiger partial charge is 0.317 e. The van der Waals surface area contributed by atoms with E-state index in [1.807, 2.05) is 32.0 Å². The van der Waals surface area contributed by atoms with Crippen molar-refractivity contribution in [3.05, 3.63) is 69.8 Å². The van der Waals surface area contributed by atoms with Crippen molar-refractivity contribution in [2.45, 2.75) is 72.4 Å². The van der Waals surface area contributed by atoms with Crippen LogP contribution in [0.5, 0.6) is 0 Å². The Morgan fingerprint density at radius 1 is 1.00 bits per heavy atom. The fourth-order valence-corrected chi connectivity index (χ4v) is 4.41. The Balaban J connectivity index is 2.03. The van der Waals surface area contributed by atoms with E-state index in [4.69, 9.17) is 4.98 Å². The first kappa shape index (κ1) is 24.5. The Bertz CT molecular complexity index is 1170. The molecule has 0 aliphatic heterocycles. The average molecular weight is 449 g/mol. The lowest BCUT2D eigenvalue weighted by molar-refractivity contribution is 0.197. The monoisotopic (exact) mass is 448 g/mol.